The van der Waals surface area contributed by atoms with Crippen LogP contribution in [0, 0.1) is 6.92 Å². The van der Waals surface area contributed by atoms with Gasteiger partial charge in [-0.3, -0.25) is 0 Å². The largest absolute Gasteiger partial charge is 0.431 e. The Balaban J connectivity index is 2.55. The van der Waals surface area contributed by atoms with Gasteiger partial charge in [-0.2, -0.15) is 18.2 Å². The third-order valence-electron chi connectivity index (χ3n) is 2.40. The van der Waals surface area contributed by atoms with Crippen molar-refractivity contribution >= 4 is 0 Å². The third kappa shape index (κ3) is 2.58. The number of nitrogens with zero attached hydrogens (tertiary/aromatic N) is 1. The van der Waals surface area contributed by atoms with E-state index in [1.165, 1.54) is 0 Å². The van der Waals surface area contributed by atoms with Crippen LogP contribution >= 0.6 is 0 Å². The molecule has 0 aliphatic rings. The van der Waals surface area contributed by atoms with E-state index in [0.29, 0.717) is 5.56 Å². The zero-order valence-electron chi connectivity index (χ0n) is 9.38. The van der Waals surface area contributed by atoms with Gasteiger partial charge in [0.1, 0.15) is 5.69 Å². The van der Waals surface area contributed by atoms with Gasteiger partial charge in [-0.05, 0) is 13.0 Å². The molecule has 0 bridgehead atoms. The van der Waals surface area contributed by atoms with Crippen LogP contribution in [-0.2, 0) is 6.18 Å². The molecule has 6 heteroatoms. The number of H-pyrrole nitrogens is 1. The molecule has 1 heterocycles. The van der Waals surface area contributed by atoms with E-state index in [0.717, 1.165) is 11.6 Å². The summed E-state index contributed by atoms with van der Waals surface area (Å²) in [5, 5.41) is 0. The zero-order valence-corrected chi connectivity index (χ0v) is 9.38. The van der Waals surface area contributed by atoms with Crippen molar-refractivity contribution in [1.29, 1.82) is 0 Å². The highest BCUT2D eigenvalue weighted by Gasteiger charge is 2.32. The van der Waals surface area contributed by atoms with Gasteiger partial charge in [0.25, 0.3) is 0 Å². The molecule has 1 aromatic heterocycles. The molecule has 0 spiro atoms. The summed E-state index contributed by atoms with van der Waals surface area (Å²) in [5.74, 6) is 0. The monoisotopic (exact) mass is 254 g/mol. The maximum Gasteiger partial charge on any atom is 0.431 e. The standard InChI is InChI=1S/C12H9F3N2O/c1-7-2-4-8(5-3-7)9-6-10(12(13,14)15)17-11(18)16-9/h2-6H,1H3,(H,16,17,18). The average molecular weight is 254 g/mol. The molecule has 0 unspecified atom stereocenters. The second kappa shape index (κ2) is 4.29. The molecule has 0 saturated heterocycles. The summed E-state index contributed by atoms with van der Waals surface area (Å²) in [6, 6.07) is 7.55. The van der Waals surface area contributed by atoms with Crippen LogP contribution in [-0.4, -0.2) is 9.97 Å². The van der Waals surface area contributed by atoms with E-state index >= 15 is 0 Å². The van der Waals surface area contributed by atoms with Crippen molar-refractivity contribution in [1.82, 2.24) is 9.97 Å². The molecular formula is C12H9F3N2O. The Bertz CT molecular complexity index is 614. The average Bonchev–Trinajstić information content (AvgIpc) is 2.28. The zero-order chi connectivity index (χ0) is 13.3. The number of rotatable bonds is 1. The molecule has 0 aliphatic carbocycles. The van der Waals surface area contributed by atoms with Crippen molar-refractivity contribution in [2.45, 2.75) is 13.1 Å². The van der Waals surface area contributed by atoms with E-state index in [1.54, 1.807) is 29.2 Å². The predicted molar refractivity (Wildman–Crippen MR) is 60.0 cm³/mol. The first-order valence-electron chi connectivity index (χ1n) is 5.12. The first kappa shape index (κ1) is 12.3. The molecular weight excluding hydrogens is 245 g/mol. The Morgan fingerprint density at radius 2 is 1.78 bits per heavy atom. The molecule has 0 aliphatic heterocycles. The van der Waals surface area contributed by atoms with E-state index in [1.807, 2.05) is 6.92 Å². The van der Waals surface area contributed by atoms with Gasteiger partial charge < -0.3 is 4.98 Å². The minimum absolute atomic E-state index is 0.00563. The molecule has 0 amide bonds. The minimum atomic E-state index is -4.60. The predicted octanol–water partition coefficient (Wildman–Crippen LogP) is 2.76. The number of aryl methyl sites for hydroxylation is 1. The fourth-order valence-corrected chi connectivity index (χ4v) is 1.48. The summed E-state index contributed by atoms with van der Waals surface area (Å²) >= 11 is 0. The van der Waals surface area contributed by atoms with Crippen molar-refractivity contribution in [2.75, 3.05) is 0 Å². The minimum Gasteiger partial charge on any atom is -0.302 e. The highest BCUT2D eigenvalue weighted by atomic mass is 19.4. The number of hydrogen-bond donors (Lipinski definition) is 1. The SMILES string of the molecule is Cc1ccc(-c2cc(C(F)(F)F)[nH]c(=O)n2)cc1. The van der Waals surface area contributed by atoms with Crippen LogP contribution in [0.5, 0.6) is 0 Å². The molecule has 94 valence electrons. The first-order chi connectivity index (χ1) is 8.36. The summed E-state index contributed by atoms with van der Waals surface area (Å²) in [6.45, 7) is 1.86. The lowest BCUT2D eigenvalue weighted by Crippen LogP contribution is -2.19. The molecule has 3 nitrogen and oxygen atoms in total. The van der Waals surface area contributed by atoms with Gasteiger partial charge in [-0.1, -0.05) is 29.8 Å². The Hall–Kier alpha value is -2.11. The van der Waals surface area contributed by atoms with Crippen molar-refractivity contribution in [3.8, 4) is 11.3 Å². The number of aromatic amines is 1. The quantitative estimate of drug-likeness (QED) is 0.850. The van der Waals surface area contributed by atoms with Crippen molar-refractivity contribution < 1.29 is 13.2 Å². The number of benzene rings is 1. The number of hydrogen-bond acceptors (Lipinski definition) is 2. The van der Waals surface area contributed by atoms with Crippen LogP contribution in [0.15, 0.2) is 35.1 Å². The van der Waals surface area contributed by atoms with Crippen LogP contribution in [0.4, 0.5) is 13.2 Å². The summed E-state index contributed by atoms with van der Waals surface area (Å²) in [6.07, 6.45) is -4.60. The van der Waals surface area contributed by atoms with Crippen LogP contribution in [0.1, 0.15) is 11.3 Å². The summed E-state index contributed by atoms with van der Waals surface area (Å²) in [5.41, 5.74) is -0.665. The number of aromatic nitrogens is 2. The summed E-state index contributed by atoms with van der Waals surface area (Å²) in [7, 11) is 0. The normalized spacial score (nSPS) is 11.6. The smallest absolute Gasteiger partial charge is 0.302 e. The maximum atomic E-state index is 12.5. The topological polar surface area (TPSA) is 45.8 Å². The van der Waals surface area contributed by atoms with Crippen molar-refractivity contribution in [3.63, 3.8) is 0 Å². The van der Waals surface area contributed by atoms with E-state index in [4.69, 9.17) is 0 Å². The fourth-order valence-electron chi connectivity index (χ4n) is 1.48. The van der Waals surface area contributed by atoms with E-state index in [-0.39, 0.29) is 5.69 Å². The van der Waals surface area contributed by atoms with E-state index in [2.05, 4.69) is 4.98 Å². The van der Waals surface area contributed by atoms with Gasteiger partial charge >= 0.3 is 11.9 Å². The molecule has 2 aromatic rings. The van der Waals surface area contributed by atoms with Gasteiger partial charge in [0.2, 0.25) is 0 Å². The highest BCUT2D eigenvalue weighted by molar-refractivity contribution is 5.59. The lowest BCUT2D eigenvalue weighted by molar-refractivity contribution is -0.141. The Labute approximate surface area is 100 Å². The summed E-state index contributed by atoms with van der Waals surface area (Å²) < 4.78 is 37.6. The molecule has 2 rings (SSSR count). The second-order valence-corrected chi connectivity index (χ2v) is 3.85. The maximum absolute atomic E-state index is 12.5. The van der Waals surface area contributed by atoms with Crippen molar-refractivity contribution in [2.24, 2.45) is 0 Å². The first-order valence-corrected chi connectivity index (χ1v) is 5.12. The molecule has 0 saturated carbocycles. The molecule has 1 aromatic carbocycles. The second-order valence-electron chi connectivity index (χ2n) is 3.85. The van der Waals surface area contributed by atoms with Gasteiger partial charge in [0, 0.05) is 5.56 Å². The number of halogens is 3. The van der Waals surface area contributed by atoms with Gasteiger partial charge in [-0.15, -0.1) is 0 Å². The van der Waals surface area contributed by atoms with Crippen LogP contribution in [0.25, 0.3) is 11.3 Å². The number of nitrogens with one attached hydrogen (secondary N) is 1. The van der Waals surface area contributed by atoms with E-state index in [9.17, 15) is 18.0 Å². The third-order valence-corrected chi connectivity index (χ3v) is 2.40. The van der Waals surface area contributed by atoms with Crippen molar-refractivity contribution in [3.05, 3.63) is 52.1 Å². The summed E-state index contributed by atoms with van der Waals surface area (Å²) in [4.78, 5) is 16.3. The van der Waals surface area contributed by atoms with Gasteiger partial charge in [0.05, 0.1) is 5.69 Å². The Kier molecular flexibility index (Phi) is 2.94. The van der Waals surface area contributed by atoms with Crippen LogP contribution < -0.4 is 5.69 Å². The lowest BCUT2D eigenvalue weighted by Gasteiger charge is -2.07. The van der Waals surface area contributed by atoms with Gasteiger partial charge in [-0.25, -0.2) is 4.79 Å². The van der Waals surface area contributed by atoms with Crippen LogP contribution in [0.3, 0.4) is 0 Å². The highest BCUT2D eigenvalue weighted by Crippen LogP contribution is 2.28. The fraction of sp³-hybridized carbons (Fsp3) is 0.167. The molecule has 1 N–H and O–H groups in total. The number of alkyl halides is 3. The molecule has 0 atom stereocenters. The van der Waals surface area contributed by atoms with Crippen LogP contribution in [0.2, 0.25) is 0 Å². The Morgan fingerprint density at radius 1 is 1.17 bits per heavy atom. The Morgan fingerprint density at radius 3 is 2.33 bits per heavy atom. The lowest BCUT2D eigenvalue weighted by atomic mass is 10.1. The molecule has 0 fully saturated rings. The molecule has 0 radical (unpaired) electrons. The van der Waals surface area contributed by atoms with Gasteiger partial charge in [0.15, 0.2) is 0 Å². The molecule has 18 heavy (non-hydrogen) atoms. The van der Waals surface area contributed by atoms with E-state index < -0.39 is 17.6 Å².